The molecule has 1 saturated heterocycles. The van der Waals surface area contributed by atoms with E-state index in [1.54, 1.807) is 18.0 Å². The van der Waals surface area contributed by atoms with Crippen LogP contribution in [0.2, 0.25) is 0 Å². The van der Waals surface area contributed by atoms with Gasteiger partial charge in [0, 0.05) is 55.7 Å². The fourth-order valence-electron chi connectivity index (χ4n) is 4.85. The van der Waals surface area contributed by atoms with Gasteiger partial charge in [-0.3, -0.25) is 4.79 Å². The van der Waals surface area contributed by atoms with Crippen molar-refractivity contribution in [3.8, 4) is 11.6 Å². The molecule has 4 aromatic rings. The van der Waals surface area contributed by atoms with Gasteiger partial charge < -0.3 is 14.5 Å². The molecule has 2 aliphatic rings. The van der Waals surface area contributed by atoms with Crippen LogP contribution < -0.4 is 9.64 Å². The smallest absolute Gasteiger partial charge is 0.254 e. The zero-order valence-electron chi connectivity index (χ0n) is 20.0. The van der Waals surface area contributed by atoms with Crippen LogP contribution in [-0.4, -0.2) is 63.8 Å². The summed E-state index contributed by atoms with van der Waals surface area (Å²) >= 11 is 0. The highest BCUT2D eigenvalue weighted by Gasteiger charge is 2.31. The summed E-state index contributed by atoms with van der Waals surface area (Å²) in [6.07, 6.45) is 3.97. The Labute approximate surface area is 204 Å². The summed E-state index contributed by atoms with van der Waals surface area (Å²) in [5, 5.41) is 5.56. The molecule has 35 heavy (non-hydrogen) atoms. The molecule has 1 saturated carbocycles. The van der Waals surface area contributed by atoms with Crippen molar-refractivity contribution in [2.24, 2.45) is 0 Å². The van der Waals surface area contributed by atoms with Crippen LogP contribution in [0, 0.1) is 6.92 Å². The van der Waals surface area contributed by atoms with Crippen molar-refractivity contribution in [3.05, 3.63) is 71.7 Å². The highest BCUT2D eigenvalue weighted by molar-refractivity contribution is 6.07. The van der Waals surface area contributed by atoms with Gasteiger partial charge in [0.05, 0.1) is 23.8 Å². The van der Waals surface area contributed by atoms with Gasteiger partial charge in [0.25, 0.3) is 5.91 Å². The van der Waals surface area contributed by atoms with E-state index in [4.69, 9.17) is 14.8 Å². The van der Waals surface area contributed by atoms with E-state index in [1.807, 2.05) is 54.3 Å². The van der Waals surface area contributed by atoms with Crippen LogP contribution in [0.5, 0.6) is 5.75 Å². The number of hydrogen-bond donors (Lipinski definition) is 0. The van der Waals surface area contributed by atoms with Crippen molar-refractivity contribution < 1.29 is 9.53 Å². The van der Waals surface area contributed by atoms with E-state index in [2.05, 4.69) is 16.0 Å². The normalized spacial score (nSPS) is 16.1. The van der Waals surface area contributed by atoms with Crippen LogP contribution in [-0.2, 0) is 0 Å². The largest absolute Gasteiger partial charge is 0.497 e. The monoisotopic (exact) mass is 468 g/mol. The summed E-state index contributed by atoms with van der Waals surface area (Å²) in [7, 11) is 1.68. The lowest BCUT2D eigenvalue weighted by atomic mass is 10.1. The second-order valence-electron chi connectivity index (χ2n) is 9.23. The van der Waals surface area contributed by atoms with Gasteiger partial charge in [0.15, 0.2) is 11.5 Å². The molecule has 6 rings (SSSR count). The molecule has 8 nitrogen and oxygen atoms in total. The van der Waals surface area contributed by atoms with E-state index in [-0.39, 0.29) is 5.91 Å². The number of hydrogen-bond acceptors (Lipinski definition) is 6. The summed E-state index contributed by atoms with van der Waals surface area (Å²) < 4.78 is 7.15. The molecule has 178 valence electrons. The van der Waals surface area contributed by atoms with Crippen LogP contribution in [0.25, 0.3) is 16.9 Å². The maximum Gasteiger partial charge on any atom is 0.254 e. The van der Waals surface area contributed by atoms with Gasteiger partial charge in [-0.1, -0.05) is 12.1 Å². The minimum Gasteiger partial charge on any atom is -0.497 e. The van der Waals surface area contributed by atoms with E-state index in [1.165, 1.54) is 0 Å². The lowest BCUT2D eigenvalue weighted by Crippen LogP contribution is -2.48. The van der Waals surface area contributed by atoms with E-state index >= 15 is 0 Å². The number of carbonyl (C=O) groups excluding carboxylic acids is 1. The number of ether oxygens (including phenoxy) is 1. The molecular weight excluding hydrogens is 440 g/mol. The van der Waals surface area contributed by atoms with E-state index < -0.39 is 0 Å². The van der Waals surface area contributed by atoms with Crippen LogP contribution in [0.4, 0.5) is 5.69 Å². The first kappa shape index (κ1) is 21.6. The fourth-order valence-corrected chi connectivity index (χ4v) is 4.85. The number of fused-ring (bicyclic) bond motifs is 1. The molecule has 1 aliphatic carbocycles. The van der Waals surface area contributed by atoms with E-state index in [9.17, 15) is 4.79 Å². The van der Waals surface area contributed by atoms with Gasteiger partial charge in [-0.15, -0.1) is 0 Å². The summed E-state index contributed by atoms with van der Waals surface area (Å²) in [6.45, 7) is 4.81. The average molecular weight is 469 g/mol. The topological polar surface area (TPSA) is 76.4 Å². The number of carbonyl (C=O) groups is 1. The predicted molar refractivity (Wildman–Crippen MR) is 134 cm³/mol. The second kappa shape index (κ2) is 8.69. The van der Waals surface area contributed by atoms with Gasteiger partial charge in [0.1, 0.15) is 5.75 Å². The van der Waals surface area contributed by atoms with Crippen LogP contribution >= 0.6 is 0 Å². The number of aromatic nitrogens is 4. The minimum atomic E-state index is 0.0493. The predicted octanol–water partition coefficient (Wildman–Crippen LogP) is 3.97. The molecule has 1 aliphatic heterocycles. The van der Waals surface area contributed by atoms with Crippen molar-refractivity contribution in [3.63, 3.8) is 0 Å². The Morgan fingerprint density at radius 3 is 2.57 bits per heavy atom. The number of anilines is 1. The van der Waals surface area contributed by atoms with Crippen molar-refractivity contribution in [1.29, 1.82) is 0 Å². The highest BCUT2D eigenvalue weighted by Crippen LogP contribution is 2.41. The lowest BCUT2D eigenvalue weighted by Gasteiger charge is -2.36. The first-order valence-electron chi connectivity index (χ1n) is 12.1. The molecule has 3 aromatic heterocycles. The zero-order chi connectivity index (χ0) is 23.9. The van der Waals surface area contributed by atoms with Crippen LogP contribution in [0.3, 0.4) is 0 Å². The minimum absolute atomic E-state index is 0.0493. The molecule has 0 atom stereocenters. The van der Waals surface area contributed by atoms with Gasteiger partial charge in [-0.25, -0.2) is 9.97 Å². The average Bonchev–Trinajstić information content (AvgIpc) is 3.72. The second-order valence-corrected chi connectivity index (χ2v) is 9.23. The Morgan fingerprint density at radius 2 is 1.86 bits per heavy atom. The summed E-state index contributed by atoms with van der Waals surface area (Å²) in [4.78, 5) is 27.5. The van der Waals surface area contributed by atoms with Crippen molar-refractivity contribution in [2.45, 2.75) is 25.7 Å². The zero-order valence-corrected chi connectivity index (χ0v) is 20.0. The molecule has 2 fully saturated rings. The van der Waals surface area contributed by atoms with Crippen molar-refractivity contribution >= 4 is 22.6 Å². The number of aryl methyl sites for hydroxylation is 1. The first-order chi connectivity index (χ1) is 17.1. The SMILES string of the molecule is COc1cccc(N2CCN(C(=O)c3cc(C4CC4)nc4c3c(C)nn4-c3ccccn3)CC2)c1. The number of benzene rings is 1. The number of methoxy groups -OCH3 is 1. The number of piperazine rings is 1. The maximum atomic E-state index is 13.9. The fraction of sp³-hybridized carbons (Fsp3) is 0.333. The molecule has 0 unspecified atom stereocenters. The Bertz CT molecular complexity index is 1390. The molecule has 0 bridgehead atoms. The molecule has 0 spiro atoms. The third kappa shape index (κ3) is 3.99. The van der Waals surface area contributed by atoms with Gasteiger partial charge in [-0.2, -0.15) is 9.78 Å². The van der Waals surface area contributed by atoms with E-state index in [0.717, 1.165) is 54.1 Å². The third-order valence-electron chi connectivity index (χ3n) is 6.91. The van der Waals surface area contributed by atoms with Crippen molar-refractivity contribution in [2.75, 3.05) is 38.2 Å². The van der Waals surface area contributed by atoms with Crippen LogP contribution in [0.15, 0.2) is 54.7 Å². The molecule has 0 radical (unpaired) electrons. The Balaban J connectivity index is 1.32. The van der Waals surface area contributed by atoms with Crippen LogP contribution in [0.1, 0.15) is 40.5 Å². The summed E-state index contributed by atoms with van der Waals surface area (Å²) in [5.74, 6) is 2.01. The van der Waals surface area contributed by atoms with Gasteiger partial charge in [-0.05, 0) is 50.1 Å². The first-order valence-corrected chi connectivity index (χ1v) is 12.1. The van der Waals surface area contributed by atoms with Crippen molar-refractivity contribution in [1.82, 2.24) is 24.6 Å². The third-order valence-corrected chi connectivity index (χ3v) is 6.91. The maximum absolute atomic E-state index is 13.9. The number of nitrogens with zero attached hydrogens (tertiary/aromatic N) is 6. The standard InChI is InChI=1S/C27H28N6O2/c1-18-25-22(27(34)32-14-12-31(13-15-32)20-6-5-7-21(16-20)35-2)17-23(19-9-10-19)29-26(25)33(30-18)24-8-3-4-11-28-24/h3-8,11,16-17,19H,9-10,12-15H2,1-2H3. The number of rotatable bonds is 5. The molecule has 0 N–H and O–H groups in total. The quantitative estimate of drug-likeness (QED) is 0.441. The highest BCUT2D eigenvalue weighted by atomic mass is 16.5. The molecule has 4 heterocycles. The Morgan fingerprint density at radius 1 is 1.03 bits per heavy atom. The Hall–Kier alpha value is -3.94. The summed E-state index contributed by atoms with van der Waals surface area (Å²) in [6, 6.07) is 15.8. The summed E-state index contributed by atoms with van der Waals surface area (Å²) in [5.41, 5.74) is 4.30. The van der Waals surface area contributed by atoms with E-state index in [0.29, 0.717) is 36.0 Å². The molecule has 8 heteroatoms. The molecule has 1 aromatic carbocycles. The van der Waals surface area contributed by atoms with Gasteiger partial charge >= 0.3 is 0 Å². The lowest BCUT2D eigenvalue weighted by molar-refractivity contribution is 0.0748. The van der Waals surface area contributed by atoms with Gasteiger partial charge in [0.2, 0.25) is 0 Å². The Kier molecular flexibility index (Phi) is 5.36. The molecular formula is C27H28N6O2. The molecule has 1 amide bonds. The number of pyridine rings is 2. The number of amides is 1.